The van der Waals surface area contributed by atoms with E-state index in [4.69, 9.17) is 4.65 Å². The lowest BCUT2D eigenvalue weighted by Gasteiger charge is -2.21. The number of hydrogen-bond donors (Lipinski definition) is 0. The summed E-state index contributed by atoms with van der Waals surface area (Å²) in [4.78, 5) is 13.9. The average molecular weight is 300 g/mol. The molecule has 0 radical (unpaired) electrons. The van der Waals surface area contributed by atoms with Crippen LogP contribution in [-0.2, 0) is 9.45 Å². The van der Waals surface area contributed by atoms with Gasteiger partial charge in [-0.25, -0.2) is 0 Å². The van der Waals surface area contributed by atoms with Crippen LogP contribution in [0.3, 0.4) is 0 Å². The minimum atomic E-state index is -0.0411. The molecule has 0 N–H and O–H groups in total. The Morgan fingerprint density at radius 1 is 1.17 bits per heavy atom. The van der Waals surface area contributed by atoms with E-state index < -0.39 is 0 Å². The minimum Gasteiger partial charge on any atom is -0.543 e. The van der Waals surface area contributed by atoms with Crippen LogP contribution in [0.4, 0.5) is 0 Å². The van der Waals surface area contributed by atoms with Crippen LogP contribution in [0.15, 0.2) is 0 Å². The van der Waals surface area contributed by atoms with Gasteiger partial charge in [0.25, 0.3) is 5.97 Å². The van der Waals surface area contributed by atoms with Gasteiger partial charge in [-0.2, -0.15) is 0 Å². The maximum Gasteiger partial charge on any atom is 0.325 e. The molecule has 6 heteroatoms. The fourth-order valence-corrected chi connectivity index (χ4v) is 1.88. The molecule has 0 aliphatic carbocycles. The molecule has 0 spiro atoms. The molecule has 0 amide bonds. The molecular formula is C12H28BCl2NO2. The normalized spacial score (nSPS) is 11.3. The number of carbonyl (C=O) groups excluding carboxylic acids is 1. The summed E-state index contributed by atoms with van der Waals surface area (Å²) in [6.07, 6.45) is 4.13. The summed E-state index contributed by atoms with van der Waals surface area (Å²) in [6, 6.07) is 0. The van der Waals surface area contributed by atoms with Gasteiger partial charge in [-0.05, 0) is 32.5 Å². The molecule has 0 bridgehead atoms. The molecule has 0 aromatic rings. The Kier molecular flexibility index (Phi) is 19.5. The third-order valence-corrected chi connectivity index (χ3v) is 3.13. The summed E-state index contributed by atoms with van der Waals surface area (Å²) >= 11 is 0. The minimum absolute atomic E-state index is 0. The van der Waals surface area contributed by atoms with Crippen molar-refractivity contribution in [3.8, 4) is 0 Å². The third-order valence-electron chi connectivity index (χ3n) is 3.13. The van der Waals surface area contributed by atoms with Crippen LogP contribution >= 0.6 is 24.8 Å². The number of hydrogen-bond acceptors (Lipinski definition) is 3. The van der Waals surface area contributed by atoms with Gasteiger partial charge in [0.1, 0.15) is 0 Å². The Balaban J connectivity index is -0.00000112. The van der Waals surface area contributed by atoms with E-state index in [1.54, 1.807) is 0 Å². The van der Waals surface area contributed by atoms with Crippen LogP contribution < -0.4 is 0 Å². The highest BCUT2D eigenvalue weighted by Gasteiger charge is 2.18. The molecule has 0 aromatic heterocycles. The highest BCUT2D eigenvalue weighted by molar-refractivity contribution is 6.05. The first kappa shape index (κ1) is 23.2. The van der Waals surface area contributed by atoms with Gasteiger partial charge in [0.05, 0.1) is 5.92 Å². The molecule has 0 aromatic carbocycles. The summed E-state index contributed by atoms with van der Waals surface area (Å²) in [5, 5.41) is 0. The first-order chi connectivity index (χ1) is 7.69. The van der Waals surface area contributed by atoms with Crippen molar-refractivity contribution in [2.45, 2.75) is 46.5 Å². The van der Waals surface area contributed by atoms with E-state index in [-0.39, 0.29) is 36.7 Å². The Morgan fingerprint density at radius 3 is 2.11 bits per heavy atom. The van der Waals surface area contributed by atoms with Gasteiger partial charge < -0.3 is 9.55 Å². The summed E-state index contributed by atoms with van der Waals surface area (Å²) in [7, 11) is 1.48. The smallest absolute Gasteiger partial charge is 0.325 e. The lowest BCUT2D eigenvalue weighted by Crippen LogP contribution is -2.28. The van der Waals surface area contributed by atoms with E-state index in [0.717, 1.165) is 45.3 Å². The predicted molar refractivity (Wildman–Crippen MR) is 84.6 cm³/mol. The van der Waals surface area contributed by atoms with E-state index in [2.05, 4.69) is 25.7 Å². The first-order valence-electron chi connectivity index (χ1n) is 6.49. The lowest BCUT2D eigenvalue weighted by molar-refractivity contribution is -0.139. The number of nitrogens with zero attached hydrogens (tertiary/aromatic N) is 1. The molecule has 110 valence electrons. The summed E-state index contributed by atoms with van der Waals surface area (Å²) in [5.41, 5.74) is 0. The summed E-state index contributed by atoms with van der Waals surface area (Å²) < 4.78 is 4.85. The van der Waals surface area contributed by atoms with Crippen LogP contribution in [0.25, 0.3) is 0 Å². The maximum absolute atomic E-state index is 11.6. The molecule has 0 aliphatic rings. The number of unbranched alkanes of at least 4 members (excludes halogenated alkanes) is 1. The zero-order valence-electron chi connectivity index (χ0n) is 12.1. The predicted octanol–water partition coefficient (Wildman–Crippen LogP) is 2.46. The van der Waals surface area contributed by atoms with Crippen LogP contribution in [-0.4, -0.2) is 38.6 Å². The van der Waals surface area contributed by atoms with E-state index in [1.165, 1.54) is 8.05 Å². The number of carbonyl (C=O) groups is 1. The molecule has 18 heavy (non-hydrogen) atoms. The molecule has 1 atom stereocenters. The van der Waals surface area contributed by atoms with Crippen molar-refractivity contribution >= 4 is 38.8 Å². The van der Waals surface area contributed by atoms with Gasteiger partial charge in [0.15, 0.2) is 0 Å². The van der Waals surface area contributed by atoms with Crippen LogP contribution in [0.1, 0.15) is 46.5 Å². The zero-order valence-corrected chi connectivity index (χ0v) is 13.7. The molecule has 3 nitrogen and oxygen atoms in total. The van der Waals surface area contributed by atoms with E-state index in [0.29, 0.717) is 0 Å². The Labute approximate surface area is 125 Å². The largest absolute Gasteiger partial charge is 0.543 e. The zero-order chi connectivity index (χ0) is 12.4. The van der Waals surface area contributed by atoms with Gasteiger partial charge in [0, 0.05) is 0 Å². The van der Waals surface area contributed by atoms with Crippen molar-refractivity contribution in [2.75, 3.05) is 19.6 Å². The van der Waals surface area contributed by atoms with Gasteiger partial charge >= 0.3 is 8.05 Å². The van der Waals surface area contributed by atoms with Gasteiger partial charge in [-0.15, -0.1) is 24.8 Å². The first-order valence-corrected chi connectivity index (χ1v) is 6.49. The van der Waals surface area contributed by atoms with E-state index >= 15 is 0 Å². The van der Waals surface area contributed by atoms with E-state index in [9.17, 15) is 4.79 Å². The van der Waals surface area contributed by atoms with Gasteiger partial charge in [-0.1, -0.05) is 33.6 Å². The molecule has 0 saturated carbocycles. The van der Waals surface area contributed by atoms with Crippen molar-refractivity contribution in [1.29, 1.82) is 0 Å². The summed E-state index contributed by atoms with van der Waals surface area (Å²) in [6.45, 7) is 9.57. The van der Waals surface area contributed by atoms with Gasteiger partial charge in [0.2, 0.25) is 0 Å². The number of halogens is 2. The molecule has 0 rings (SSSR count). The van der Waals surface area contributed by atoms with Crippen molar-refractivity contribution in [2.24, 2.45) is 5.92 Å². The summed E-state index contributed by atoms with van der Waals surface area (Å²) in [5.74, 6) is 0.0474. The highest BCUT2D eigenvalue weighted by Crippen LogP contribution is 2.15. The Bertz CT molecular complexity index is 193. The second-order valence-electron chi connectivity index (χ2n) is 4.18. The SMILES string of the molecule is BOC(=O)C(CCCC)CCN(CC)CC.Cl.Cl. The third kappa shape index (κ3) is 10.0. The fourth-order valence-electron chi connectivity index (χ4n) is 1.88. The molecule has 0 heterocycles. The van der Waals surface area contributed by atoms with Crippen molar-refractivity contribution in [1.82, 2.24) is 4.90 Å². The van der Waals surface area contributed by atoms with Crippen LogP contribution in [0, 0.1) is 5.92 Å². The van der Waals surface area contributed by atoms with Crippen molar-refractivity contribution in [3.05, 3.63) is 0 Å². The van der Waals surface area contributed by atoms with Crippen molar-refractivity contribution < 1.29 is 9.45 Å². The van der Waals surface area contributed by atoms with Crippen molar-refractivity contribution in [3.63, 3.8) is 0 Å². The maximum atomic E-state index is 11.6. The molecule has 1 unspecified atom stereocenters. The highest BCUT2D eigenvalue weighted by atomic mass is 35.5. The molecule has 0 fully saturated rings. The topological polar surface area (TPSA) is 29.5 Å². The second kappa shape index (κ2) is 15.1. The standard InChI is InChI=1S/C12H26BNO2.2ClH/c1-4-7-8-11(12(15)16-13)9-10-14(5-2)6-3;;/h11H,4-10,13H2,1-3H3;2*1H. The fraction of sp³-hybridized carbons (Fsp3) is 0.917. The Hall–Kier alpha value is 0.0749. The number of rotatable bonds is 9. The second-order valence-corrected chi connectivity index (χ2v) is 4.18. The van der Waals surface area contributed by atoms with Gasteiger partial charge in [-0.3, -0.25) is 4.79 Å². The average Bonchev–Trinajstić information content (AvgIpc) is 2.33. The van der Waals surface area contributed by atoms with Crippen LogP contribution in [0.2, 0.25) is 0 Å². The molecule has 0 aliphatic heterocycles. The van der Waals surface area contributed by atoms with E-state index in [1.807, 2.05) is 0 Å². The molecular weight excluding hydrogens is 272 g/mol. The Morgan fingerprint density at radius 2 is 1.72 bits per heavy atom. The van der Waals surface area contributed by atoms with Crippen LogP contribution in [0.5, 0.6) is 0 Å². The molecule has 0 saturated heterocycles. The lowest BCUT2D eigenvalue weighted by atomic mass is 9.98. The monoisotopic (exact) mass is 299 g/mol. The quantitative estimate of drug-likeness (QED) is 0.613.